The van der Waals surface area contributed by atoms with Crippen molar-refractivity contribution in [2.75, 3.05) is 5.73 Å². The van der Waals surface area contributed by atoms with E-state index in [4.69, 9.17) is 10.3 Å². The van der Waals surface area contributed by atoms with Crippen molar-refractivity contribution in [3.63, 3.8) is 0 Å². The summed E-state index contributed by atoms with van der Waals surface area (Å²) in [6, 6.07) is 7.88. The maximum absolute atomic E-state index is 11.5. The number of benzene rings is 1. The average Bonchev–Trinajstić information content (AvgIpc) is 3.31. The first-order chi connectivity index (χ1) is 15.8. The Hall–Kier alpha value is -4.75. The molecule has 0 fully saturated rings. The van der Waals surface area contributed by atoms with Crippen LogP contribution in [-0.4, -0.2) is 43.3 Å². The van der Waals surface area contributed by atoms with Crippen LogP contribution in [0.4, 0.5) is 17.3 Å². The molecule has 1 aromatic carbocycles. The molecule has 33 heavy (non-hydrogen) atoms. The molecular formula is C17H13N11O4S. The van der Waals surface area contributed by atoms with Crippen molar-refractivity contribution >= 4 is 28.4 Å². The fraction of sp³-hybridized carbons (Fsp3) is 0.0588. The lowest BCUT2D eigenvalue weighted by Crippen LogP contribution is -2.28. The number of aryl methyl sites for hydroxylation is 1. The normalized spacial score (nSPS) is 12.2. The summed E-state index contributed by atoms with van der Waals surface area (Å²) in [5.41, 5.74) is 5.38. The Morgan fingerprint density at radius 3 is 2.55 bits per heavy atom. The number of hydrogen-bond donors (Lipinski definition) is 4. The molecule has 0 saturated carbocycles. The third-order valence-corrected chi connectivity index (χ3v) is 4.98. The fourth-order valence-electron chi connectivity index (χ4n) is 2.81. The van der Waals surface area contributed by atoms with Gasteiger partial charge in [0.15, 0.2) is 28.4 Å². The first-order valence-corrected chi connectivity index (χ1v) is 10.1. The summed E-state index contributed by atoms with van der Waals surface area (Å²) in [4.78, 5) is 31.1. The number of nitrogen functional groups attached to an aromatic ring is 1. The van der Waals surface area contributed by atoms with Crippen molar-refractivity contribution in [1.82, 2.24) is 34.5 Å². The summed E-state index contributed by atoms with van der Waals surface area (Å²) in [6.45, 7) is 1.57. The molecule has 166 valence electrons. The van der Waals surface area contributed by atoms with Crippen molar-refractivity contribution < 1.29 is 8.76 Å². The Kier molecular flexibility index (Phi) is 5.47. The lowest BCUT2D eigenvalue weighted by atomic mass is 10.3. The van der Waals surface area contributed by atoms with E-state index in [-0.39, 0.29) is 33.7 Å². The Morgan fingerprint density at radius 1 is 1.18 bits per heavy atom. The minimum Gasteiger partial charge on any atom is -0.382 e. The van der Waals surface area contributed by atoms with Crippen LogP contribution in [0.5, 0.6) is 0 Å². The smallest absolute Gasteiger partial charge is 0.352 e. The highest BCUT2D eigenvalue weighted by atomic mass is 32.2. The number of anilines is 1. The zero-order valence-corrected chi connectivity index (χ0v) is 17.4. The average molecular weight is 467 g/mol. The van der Waals surface area contributed by atoms with Gasteiger partial charge in [-0.2, -0.15) is 25.1 Å². The highest BCUT2D eigenvalue weighted by Crippen LogP contribution is 2.31. The monoisotopic (exact) mass is 467 g/mol. The molecule has 3 heterocycles. The van der Waals surface area contributed by atoms with E-state index in [1.807, 2.05) is 11.1 Å². The summed E-state index contributed by atoms with van der Waals surface area (Å²) in [5, 5.41) is 25.9. The summed E-state index contributed by atoms with van der Waals surface area (Å²) >= 11 is -2.14. The van der Waals surface area contributed by atoms with E-state index in [0.29, 0.717) is 11.4 Å². The van der Waals surface area contributed by atoms with E-state index < -0.39 is 22.5 Å². The predicted molar refractivity (Wildman–Crippen MR) is 113 cm³/mol. The molecule has 0 radical (unpaired) electrons. The third kappa shape index (κ3) is 4.08. The molecule has 0 aliphatic carbocycles. The van der Waals surface area contributed by atoms with Gasteiger partial charge in [-0.25, -0.2) is 18.5 Å². The molecule has 1 atom stereocenters. The number of nitrogens with two attached hydrogens (primary N) is 1. The highest BCUT2D eigenvalue weighted by Gasteiger charge is 2.17. The molecule has 0 aliphatic heterocycles. The van der Waals surface area contributed by atoms with Gasteiger partial charge in [0.25, 0.3) is 0 Å². The quantitative estimate of drug-likeness (QED) is 0.237. The standard InChI is InChI=1S/C17H13N11O4S/c1-8-12(13(19)28(26-8)15-21-16(29)23-17(30)22-15)24-25-14-9(6-18)7-20-27(14)10-2-4-11(5-3-10)33(31)32/h2-5,7H,19H2,1H3,(H,31,32)(H2,21,22,23,29,30). The highest BCUT2D eigenvalue weighted by molar-refractivity contribution is 7.79. The van der Waals surface area contributed by atoms with Crippen molar-refractivity contribution in [2.24, 2.45) is 10.2 Å². The van der Waals surface area contributed by atoms with E-state index in [9.17, 15) is 19.1 Å². The largest absolute Gasteiger partial charge is 0.382 e. The van der Waals surface area contributed by atoms with E-state index in [2.05, 4.69) is 30.4 Å². The van der Waals surface area contributed by atoms with Crippen LogP contribution in [0.1, 0.15) is 11.3 Å². The van der Waals surface area contributed by atoms with Crippen LogP contribution in [0.25, 0.3) is 11.6 Å². The minimum atomic E-state index is -2.14. The van der Waals surface area contributed by atoms with Crippen LogP contribution >= 0.6 is 0 Å². The molecule has 0 aliphatic rings. The minimum absolute atomic E-state index is 0.0654. The summed E-state index contributed by atoms with van der Waals surface area (Å²) in [5.74, 6) is -0.205. The van der Waals surface area contributed by atoms with Crippen molar-refractivity contribution in [3.05, 3.63) is 62.7 Å². The van der Waals surface area contributed by atoms with Gasteiger partial charge < -0.3 is 10.3 Å². The molecular weight excluding hydrogens is 454 g/mol. The molecule has 4 aromatic rings. The zero-order valence-electron chi connectivity index (χ0n) is 16.6. The van der Waals surface area contributed by atoms with Crippen LogP contribution < -0.4 is 17.1 Å². The van der Waals surface area contributed by atoms with Crippen LogP contribution in [-0.2, 0) is 11.1 Å². The molecule has 0 saturated heterocycles. The fourth-order valence-corrected chi connectivity index (χ4v) is 3.18. The second kappa shape index (κ2) is 8.41. The van der Waals surface area contributed by atoms with Gasteiger partial charge in [-0.1, -0.05) is 0 Å². The van der Waals surface area contributed by atoms with E-state index in [0.717, 1.165) is 4.68 Å². The number of azo groups is 1. The number of rotatable bonds is 5. The maximum Gasteiger partial charge on any atom is 0.352 e. The molecule has 0 bridgehead atoms. The van der Waals surface area contributed by atoms with Gasteiger partial charge in [0.2, 0.25) is 5.95 Å². The second-order valence-electron chi connectivity index (χ2n) is 6.40. The molecule has 15 nitrogen and oxygen atoms in total. The first-order valence-electron chi connectivity index (χ1n) is 8.95. The number of nitriles is 1. The summed E-state index contributed by atoms with van der Waals surface area (Å²) in [6.07, 6.45) is 1.29. The van der Waals surface area contributed by atoms with Crippen LogP contribution in [0, 0.1) is 18.3 Å². The van der Waals surface area contributed by atoms with Gasteiger partial charge in [0.05, 0.1) is 22.5 Å². The summed E-state index contributed by atoms with van der Waals surface area (Å²) in [7, 11) is 0. The first kappa shape index (κ1) is 21.5. The Balaban J connectivity index is 1.76. The molecule has 5 N–H and O–H groups in total. The molecule has 3 aromatic heterocycles. The van der Waals surface area contributed by atoms with Gasteiger partial charge in [-0.15, -0.1) is 10.2 Å². The predicted octanol–water partition coefficient (Wildman–Crippen LogP) is 0.588. The number of hydrogen-bond acceptors (Lipinski definition) is 10. The summed E-state index contributed by atoms with van der Waals surface area (Å²) < 4.78 is 22.7. The molecule has 4 rings (SSSR count). The van der Waals surface area contributed by atoms with Crippen molar-refractivity contribution in [1.29, 1.82) is 5.26 Å². The Bertz CT molecular complexity index is 1540. The van der Waals surface area contributed by atoms with E-state index in [1.54, 1.807) is 6.92 Å². The topological polar surface area (TPSA) is 226 Å². The Morgan fingerprint density at radius 2 is 1.91 bits per heavy atom. The second-order valence-corrected chi connectivity index (χ2v) is 7.37. The molecule has 0 spiro atoms. The van der Waals surface area contributed by atoms with E-state index >= 15 is 0 Å². The van der Waals surface area contributed by atoms with Gasteiger partial charge in [-0.3, -0.25) is 9.97 Å². The SMILES string of the molecule is Cc1nn(-c2nc(=O)[nH]c(=O)[nH]2)c(N)c1N=Nc1c(C#N)cnn1-c1ccc(S(=O)O)cc1. The van der Waals surface area contributed by atoms with Gasteiger partial charge >= 0.3 is 11.4 Å². The third-order valence-electron chi connectivity index (χ3n) is 4.31. The number of aromatic nitrogens is 7. The number of nitrogens with one attached hydrogen (secondary N) is 2. The number of H-pyrrole nitrogens is 2. The van der Waals surface area contributed by atoms with Crippen LogP contribution in [0.3, 0.4) is 0 Å². The molecule has 0 amide bonds. The number of nitrogens with zero attached hydrogens (tertiary/aromatic N) is 8. The molecule has 1 unspecified atom stereocenters. The lowest BCUT2D eigenvalue weighted by molar-refractivity contribution is 0.564. The van der Waals surface area contributed by atoms with Crippen molar-refractivity contribution in [2.45, 2.75) is 11.8 Å². The van der Waals surface area contributed by atoms with Gasteiger partial charge in [-0.05, 0) is 31.2 Å². The van der Waals surface area contributed by atoms with Crippen LogP contribution in [0.15, 0.2) is 55.2 Å². The maximum atomic E-state index is 11.5. The Labute approximate surface area is 185 Å². The van der Waals surface area contributed by atoms with Gasteiger partial charge in [0.1, 0.15) is 11.6 Å². The van der Waals surface area contributed by atoms with Crippen LogP contribution in [0.2, 0.25) is 0 Å². The molecule has 16 heteroatoms. The van der Waals surface area contributed by atoms with Gasteiger partial charge in [0, 0.05) is 0 Å². The van der Waals surface area contributed by atoms with E-state index in [1.165, 1.54) is 35.1 Å². The van der Waals surface area contributed by atoms with Crippen molar-refractivity contribution in [3.8, 4) is 17.7 Å². The number of aromatic amines is 2. The zero-order chi connectivity index (χ0) is 23.7. The lowest BCUT2D eigenvalue weighted by Gasteiger charge is -2.04.